The number of rotatable bonds is 2. The van der Waals surface area contributed by atoms with Crippen LogP contribution < -0.4 is 5.73 Å². The minimum absolute atomic E-state index is 0.814. The fourth-order valence-corrected chi connectivity index (χ4v) is 1.47. The minimum atomic E-state index is 0.814. The van der Waals surface area contributed by atoms with Gasteiger partial charge in [-0.15, -0.1) is 0 Å². The second-order valence-corrected chi connectivity index (χ2v) is 4.02. The van der Waals surface area contributed by atoms with Gasteiger partial charge in [0.1, 0.15) is 0 Å². The molecule has 0 saturated carbocycles. The van der Waals surface area contributed by atoms with Crippen molar-refractivity contribution < 1.29 is 0 Å². The molecule has 0 atom stereocenters. The number of likely N-dealkylation sites (tertiary alicyclic amines) is 1. The van der Waals surface area contributed by atoms with Gasteiger partial charge in [0.15, 0.2) is 0 Å². The van der Waals surface area contributed by atoms with Crippen LogP contribution >= 0.6 is 0 Å². The first-order valence-corrected chi connectivity index (χ1v) is 5.66. The summed E-state index contributed by atoms with van der Waals surface area (Å²) in [6, 6.07) is 0. The van der Waals surface area contributed by atoms with Gasteiger partial charge in [-0.1, -0.05) is 27.2 Å². The lowest BCUT2D eigenvalue weighted by molar-refractivity contribution is 0.197. The third-order valence-corrected chi connectivity index (χ3v) is 2.32. The molecule has 0 aromatic heterocycles. The SMILES string of the molecule is CC1CCN(CCN)CC1.CCC. The number of nitrogens with two attached hydrogens (primary N) is 1. The molecule has 0 spiro atoms. The summed E-state index contributed by atoms with van der Waals surface area (Å²) >= 11 is 0. The van der Waals surface area contributed by atoms with Crippen molar-refractivity contribution in [2.45, 2.75) is 40.0 Å². The Balaban J connectivity index is 0.000000424. The van der Waals surface area contributed by atoms with Gasteiger partial charge in [0.2, 0.25) is 0 Å². The third kappa shape index (κ3) is 7.03. The van der Waals surface area contributed by atoms with Crippen LogP contribution in [0, 0.1) is 5.92 Å². The summed E-state index contributed by atoms with van der Waals surface area (Å²) in [4.78, 5) is 2.46. The number of piperidine rings is 1. The summed E-state index contributed by atoms with van der Waals surface area (Å²) in [5.41, 5.74) is 5.45. The van der Waals surface area contributed by atoms with Crippen molar-refractivity contribution in [3.05, 3.63) is 0 Å². The molecule has 1 rings (SSSR count). The first-order chi connectivity index (χ1) is 6.24. The number of hydrogen-bond donors (Lipinski definition) is 1. The Bertz CT molecular complexity index is 96.3. The summed E-state index contributed by atoms with van der Waals surface area (Å²) < 4.78 is 0. The van der Waals surface area contributed by atoms with E-state index in [4.69, 9.17) is 5.73 Å². The van der Waals surface area contributed by atoms with Gasteiger partial charge >= 0.3 is 0 Å². The smallest absolute Gasteiger partial charge is 0.0105 e. The fourth-order valence-electron chi connectivity index (χ4n) is 1.47. The van der Waals surface area contributed by atoms with E-state index in [1.54, 1.807) is 0 Å². The maximum atomic E-state index is 5.45. The van der Waals surface area contributed by atoms with Crippen LogP contribution in [0.15, 0.2) is 0 Å². The average molecular weight is 186 g/mol. The van der Waals surface area contributed by atoms with Crippen LogP contribution in [0.25, 0.3) is 0 Å². The average Bonchev–Trinajstić information content (AvgIpc) is 2.11. The molecular weight excluding hydrogens is 160 g/mol. The van der Waals surface area contributed by atoms with Crippen molar-refractivity contribution in [2.24, 2.45) is 11.7 Å². The molecule has 0 unspecified atom stereocenters. The van der Waals surface area contributed by atoms with Gasteiger partial charge in [-0.05, 0) is 31.8 Å². The predicted octanol–water partition coefficient (Wildman–Crippen LogP) is 2.09. The van der Waals surface area contributed by atoms with E-state index in [9.17, 15) is 0 Å². The largest absolute Gasteiger partial charge is 0.329 e. The molecule has 0 aromatic rings. The zero-order valence-corrected chi connectivity index (χ0v) is 9.55. The maximum absolute atomic E-state index is 5.45. The van der Waals surface area contributed by atoms with Gasteiger partial charge in [0, 0.05) is 13.1 Å². The van der Waals surface area contributed by atoms with Crippen molar-refractivity contribution in [1.82, 2.24) is 4.90 Å². The normalized spacial score (nSPS) is 19.4. The van der Waals surface area contributed by atoms with E-state index in [2.05, 4.69) is 25.7 Å². The Kier molecular flexibility index (Phi) is 8.46. The zero-order chi connectivity index (χ0) is 10.1. The first-order valence-electron chi connectivity index (χ1n) is 5.66. The van der Waals surface area contributed by atoms with Gasteiger partial charge in [-0.2, -0.15) is 0 Å². The summed E-state index contributed by atoms with van der Waals surface area (Å²) in [6.45, 7) is 11.0. The highest BCUT2D eigenvalue weighted by molar-refractivity contribution is 4.68. The van der Waals surface area contributed by atoms with Crippen LogP contribution in [0.3, 0.4) is 0 Å². The highest BCUT2D eigenvalue weighted by Crippen LogP contribution is 2.14. The molecule has 0 aromatic carbocycles. The highest BCUT2D eigenvalue weighted by Gasteiger charge is 2.13. The maximum Gasteiger partial charge on any atom is 0.0105 e. The molecule has 1 heterocycles. The molecular formula is C11H26N2. The molecule has 13 heavy (non-hydrogen) atoms. The molecule has 0 aliphatic carbocycles. The molecule has 2 nitrogen and oxygen atoms in total. The topological polar surface area (TPSA) is 29.3 Å². The van der Waals surface area contributed by atoms with Crippen LogP contribution in [0.2, 0.25) is 0 Å². The number of nitrogens with zero attached hydrogens (tertiary/aromatic N) is 1. The second kappa shape index (κ2) is 8.52. The van der Waals surface area contributed by atoms with Gasteiger partial charge in [-0.25, -0.2) is 0 Å². The molecule has 1 saturated heterocycles. The van der Waals surface area contributed by atoms with E-state index < -0.39 is 0 Å². The second-order valence-electron chi connectivity index (χ2n) is 4.02. The Morgan fingerprint density at radius 2 is 1.69 bits per heavy atom. The number of hydrogen-bond acceptors (Lipinski definition) is 2. The third-order valence-electron chi connectivity index (χ3n) is 2.32. The van der Waals surface area contributed by atoms with E-state index in [0.717, 1.165) is 19.0 Å². The van der Waals surface area contributed by atoms with Crippen LogP contribution in [0.5, 0.6) is 0 Å². The van der Waals surface area contributed by atoms with Gasteiger partial charge in [0.05, 0.1) is 0 Å². The highest BCUT2D eigenvalue weighted by atomic mass is 15.1. The van der Waals surface area contributed by atoms with Crippen molar-refractivity contribution >= 4 is 0 Å². The molecule has 2 N–H and O–H groups in total. The lowest BCUT2D eigenvalue weighted by atomic mass is 9.99. The van der Waals surface area contributed by atoms with Crippen molar-refractivity contribution in [2.75, 3.05) is 26.2 Å². The van der Waals surface area contributed by atoms with Crippen LogP contribution in [0.1, 0.15) is 40.0 Å². The molecule has 0 bridgehead atoms. The quantitative estimate of drug-likeness (QED) is 0.715. The molecule has 0 amide bonds. The van der Waals surface area contributed by atoms with Crippen LogP contribution in [-0.2, 0) is 0 Å². The summed E-state index contributed by atoms with van der Waals surface area (Å²) in [5.74, 6) is 0.939. The molecule has 80 valence electrons. The Morgan fingerprint density at radius 1 is 1.23 bits per heavy atom. The van der Waals surface area contributed by atoms with Gasteiger partial charge < -0.3 is 10.6 Å². The Hall–Kier alpha value is -0.0800. The van der Waals surface area contributed by atoms with Crippen molar-refractivity contribution in [3.63, 3.8) is 0 Å². The Morgan fingerprint density at radius 3 is 2.08 bits per heavy atom. The lowest BCUT2D eigenvalue weighted by Crippen LogP contribution is -2.36. The van der Waals surface area contributed by atoms with Gasteiger partial charge in [0.25, 0.3) is 0 Å². The van der Waals surface area contributed by atoms with Gasteiger partial charge in [-0.3, -0.25) is 0 Å². The Labute approximate surface area is 83.5 Å². The van der Waals surface area contributed by atoms with E-state index in [1.807, 2.05) is 0 Å². The molecule has 0 radical (unpaired) electrons. The fraction of sp³-hybridized carbons (Fsp3) is 1.00. The first kappa shape index (κ1) is 12.9. The van der Waals surface area contributed by atoms with Crippen LogP contribution in [0.4, 0.5) is 0 Å². The molecule has 1 aliphatic rings. The summed E-state index contributed by atoms with van der Waals surface area (Å²) in [5, 5.41) is 0. The van der Waals surface area contributed by atoms with E-state index in [0.29, 0.717) is 0 Å². The summed E-state index contributed by atoms with van der Waals surface area (Å²) in [7, 11) is 0. The molecule has 1 fully saturated rings. The molecule has 1 aliphatic heterocycles. The molecule has 2 heteroatoms. The van der Waals surface area contributed by atoms with E-state index >= 15 is 0 Å². The minimum Gasteiger partial charge on any atom is -0.329 e. The van der Waals surface area contributed by atoms with Crippen molar-refractivity contribution in [3.8, 4) is 0 Å². The zero-order valence-electron chi connectivity index (χ0n) is 9.55. The van der Waals surface area contributed by atoms with E-state index in [-0.39, 0.29) is 0 Å². The van der Waals surface area contributed by atoms with E-state index in [1.165, 1.54) is 32.4 Å². The standard InChI is InChI=1S/C8H18N2.C3H8/c1-8-2-5-10(6-3-8)7-4-9;1-3-2/h8H,2-7,9H2,1H3;3H2,1-2H3. The lowest BCUT2D eigenvalue weighted by Gasteiger charge is -2.29. The van der Waals surface area contributed by atoms with Crippen LogP contribution in [-0.4, -0.2) is 31.1 Å². The van der Waals surface area contributed by atoms with Crippen molar-refractivity contribution in [1.29, 1.82) is 0 Å². The monoisotopic (exact) mass is 186 g/mol. The predicted molar refractivity (Wildman–Crippen MR) is 59.9 cm³/mol. The summed E-state index contributed by atoms with van der Waals surface area (Å²) in [6.07, 6.45) is 3.97.